The van der Waals surface area contributed by atoms with E-state index in [1.54, 1.807) is 30.9 Å². The van der Waals surface area contributed by atoms with Gasteiger partial charge in [0, 0.05) is 12.1 Å². The van der Waals surface area contributed by atoms with Gasteiger partial charge in [0.15, 0.2) is 16.3 Å². The van der Waals surface area contributed by atoms with E-state index >= 15 is 0 Å². The van der Waals surface area contributed by atoms with Crippen molar-refractivity contribution in [1.82, 2.24) is 19.5 Å². The van der Waals surface area contributed by atoms with Crippen molar-refractivity contribution in [3.05, 3.63) is 70.0 Å². The predicted octanol–water partition coefficient (Wildman–Crippen LogP) is 3.36. The van der Waals surface area contributed by atoms with E-state index in [1.165, 1.54) is 30.2 Å². The Labute approximate surface area is 180 Å². The molecule has 158 valence electrons. The maximum Gasteiger partial charge on any atom is 0.269 e. The van der Waals surface area contributed by atoms with Gasteiger partial charge in [-0.15, -0.1) is 0 Å². The number of fused-ring (bicyclic) bond motifs is 1. The first kappa shape index (κ1) is 20.4. The first-order valence-corrected chi connectivity index (χ1v) is 9.93. The summed E-state index contributed by atoms with van der Waals surface area (Å²) in [5, 5.41) is 19.6. The zero-order valence-corrected chi connectivity index (χ0v) is 17.5. The van der Waals surface area contributed by atoms with Crippen LogP contribution >= 0.6 is 11.8 Å². The van der Waals surface area contributed by atoms with Crippen LogP contribution in [0.3, 0.4) is 0 Å². The molecule has 0 aliphatic rings. The molecule has 0 amide bonds. The van der Waals surface area contributed by atoms with Crippen LogP contribution in [0.1, 0.15) is 5.56 Å². The van der Waals surface area contributed by atoms with Gasteiger partial charge in [0.05, 0.1) is 36.9 Å². The van der Waals surface area contributed by atoms with Crippen LogP contribution < -0.4 is 15.0 Å². The zero-order valence-electron chi connectivity index (χ0n) is 16.7. The Balaban J connectivity index is 1.68. The number of hydrogen-bond donors (Lipinski definition) is 2. The van der Waals surface area contributed by atoms with Crippen LogP contribution in [0, 0.1) is 15.5 Å². The average Bonchev–Trinajstić information content (AvgIpc) is 3.21. The molecule has 31 heavy (non-hydrogen) atoms. The molecule has 2 N–H and O–H groups in total. The smallest absolute Gasteiger partial charge is 0.269 e. The summed E-state index contributed by atoms with van der Waals surface area (Å²) < 4.78 is 12.5. The van der Waals surface area contributed by atoms with Gasteiger partial charge in [-0.1, -0.05) is 12.1 Å². The van der Waals surface area contributed by atoms with Crippen LogP contribution in [0.4, 0.5) is 5.69 Å². The fourth-order valence-corrected chi connectivity index (χ4v) is 3.93. The van der Waals surface area contributed by atoms with Crippen molar-refractivity contribution >= 4 is 28.6 Å². The lowest BCUT2D eigenvalue weighted by Crippen LogP contribution is -2.13. The predicted molar refractivity (Wildman–Crippen MR) is 114 cm³/mol. The van der Waals surface area contributed by atoms with Crippen molar-refractivity contribution < 1.29 is 14.4 Å². The number of rotatable bonds is 7. The normalized spacial score (nSPS) is 10.9. The molecular formula is C20H18N6O4S. The van der Waals surface area contributed by atoms with E-state index in [2.05, 4.69) is 15.0 Å². The molecule has 2 aromatic carbocycles. The van der Waals surface area contributed by atoms with Gasteiger partial charge in [0.1, 0.15) is 17.0 Å². The van der Waals surface area contributed by atoms with E-state index < -0.39 is 4.92 Å². The molecule has 0 aliphatic carbocycles. The Morgan fingerprint density at radius 2 is 1.97 bits per heavy atom. The molecule has 0 saturated heterocycles. The summed E-state index contributed by atoms with van der Waals surface area (Å²) in [6.45, 7) is 0.402. The summed E-state index contributed by atoms with van der Waals surface area (Å²) in [5.41, 5.74) is 2.01. The molecule has 0 aliphatic heterocycles. The fraction of sp³-hybridized carbons (Fsp3) is 0.150. The molecule has 0 fully saturated rings. The topological polar surface area (TPSA) is 132 Å². The van der Waals surface area contributed by atoms with Crippen molar-refractivity contribution in [3.8, 4) is 11.5 Å². The van der Waals surface area contributed by atoms with Gasteiger partial charge < -0.3 is 19.0 Å². The van der Waals surface area contributed by atoms with E-state index in [9.17, 15) is 10.1 Å². The number of imidazole rings is 1. The number of ether oxygens (including phenoxy) is 2. The van der Waals surface area contributed by atoms with Crippen molar-refractivity contribution in [2.75, 3.05) is 14.2 Å². The molecule has 10 nitrogen and oxygen atoms in total. The monoisotopic (exact) mass is 438 g/mol. The number of aromatic amines is 1. The largest absolute Gasteiger partial charge is 0.497 e. The van der Waals surface area contributed by atoms with Gasteiger partial charge in [-0.05, 0) is 35.5 Å². The molecule has 4 rings (SSSR count). The molecule has 4 aromatic rings. The maximum absolute atomic E-state index is 10.9. The first-order chi connectivity index (χ1) is 15.0. The highest BCUT2D eigenvalue weighted by molar-refractivity contribution is 7.99. The van der Waals surface area contributed by atoms with Crippen molar-refractivity contribution in [1.29, 1.82) is 5.41 Å². The third kappa shape index (κ3) is 4.21. The lowest BCUT2D eigenvalue weighted by molar-refractivity contribution is -0.384. The molecule has 0 spiro atoms. The summed E-state index contributed by atoms with van der Waals surface area (Å²) in [6.07, 6.45) is 1.54. The van der Waals surface area contributed by atoms with Crippen LogP contribution in [0.5, 0.6) is 11.5 Å². The standard InChI is InChI=1S/C20H18N6O4S/c1-29-14-7-8-15(30-2)16(9-14)31-20-23-17-18(21)22-11-25(19(17)24-20)10-12-3-5-13(6-4-12)26(27)28/h3-9,11,21H,10H2,1-2H3,(H,23,24). The Kier molecular flexibility index (Phi) is 5.58. The van der Waals surface area contributed by atoms with Crippen LogP contribution in [0.15, 0.2) is 58.8 Å². The SMILES string of the molecule is COc1ccc(OC)c(Sc2nc3c([nH]2)c(=N)ncn3Cc2ccc([N+](=O)[O-])cc2)c1. The molecule has 2 heterocycles. The van der Waals surface area contributed by atoms with Gasteiger partial charge in [-0.3, -0.25) is 15.5 Å². The van der Waals surface area contributed by atoms with E-state index in [4.69, 9.17) is 14.9 Å². The van der Waals surface area contributed by atoms with Crippen LogP contribution in [0.2, 0.25) is 0 Å². The van der Waals surface area contributed by atoms with E-state index in [-0.39, 0.29) is 11.2 Å². The van der Waals surface area contributed by atoms with Gasteiger partial charge in [0.25, 0.3) is 5.69 Å². The highest BCUT2D eigenvalue weighted by Crippen LogP contribution is 2.36. The third-order valence-corrected chi connectivity index (χ3v) is 5.50. The zero-order chi connectivity index (χ0) is 22.0. The molecule has 0 bridgehead atoms. The number of benzene rings is 2. The summed E-state index contributed by atoms with van der Waals surface area (Å²) in [6, 6.07) is 11.8. The highest BCUT2D eigenvalue weighted by atomic mass is 32.2. The third-order valence-electron chi connectivity index (χ3n) is 4.58. The summed E-state index contributed by atoms with van der Waals surface area (Å²) in [4.78, 5) is 23.2. The second-order valence-electron chi connectivity index (χ2n) is 6.50. The second kappa shape index (κ2) is 8.48. The number of hydrogen-bond acceptors (Lipinski definition) is 8. The summed E-state index contributed by atoms with van der Waals surface area (Å²) >= 11 is 1.35. The number of nitro groups is 1. The number of nitrogens with one attached hydrogen (secondary N) is 2. The second-order valence-corrected chi connectivity index (χ2v) is 7.53. The number of nitro benzene ring substituents is 1. The Morgan fingerprint density at radius 3 is 2.65 bits per heavy atom. The minimum absolute atomic E-state index is 0.0317. The maximum atomic E-state index is 10.9. The minimum atomic E-state index is -0.435. The molecule has 0 saturated carbocycles. The molecule has 2 aromatic heterocycles. The molecule has 0 unspecified atom stereocenters. The van der Waals surface area contributed by atoms with Crippen LogP contribution in [0.25, 0.3) is 11.2 Å². The number of aromatic nitrogens is 4. The summed E-state index contributed by atoms with van der Waals surface area (Å²) in [7, 11) is 3.19. The fourth-order valence-electron chi connectivity index (χ4n) is 3.01. The van der Waals surface area contributed by atoms with Gasteiger partial charge >= 0.3 is 0 Å². The Hall–Kier alpha value is -3.86. The van der Waals surface area contributed by atoms with E-state index in [0.717, 1.165) is 10.5 Å². The molecule has 11 heteroatoms. The summed E-state index contributed by atoms with van der Waals surface area (Å²) in [5.74, 6) is 1.37. The minimum Gasteiger partial charge on any atom is -0.497 e. The lowest BCUT2D eigenvalue weighted by Gasteiger charge is -2.08. The molecule has 0 atom stereocenters. The number of non-ortho nitro benzene ring substituents is 1. The van der Waals surface area contributed by atoms with E-state index in [0.29, 0.717) is 34.4 Å². The molecular weight excluding hydrogens is 420 g/mol. The average molecular weight is 438 g/mol. The number of H-pyrrole nitrogens is 1. The van der Waals surface area contributed by atoms with Crippen molar-refractivity contribution in [2.24, 2.45) is 0 Å². The number of methoxy groups -OCH3 is 2. The van der Waals surface area contributed by atoms with Gasteiger partial charge in [0.2, 0.25) is 0 Å². The quantitative estimate of drug-likeness (QED) is 0.334. The van der Waals surface area contributed by atoms with E-state index in [1.807, 2.05) is 18.2 Å². The molecule has 0 radical (unpaired) electrons. The van der Waals surface area contributed by atoms with Crippen LogP contribution in [-0.2, 0) is 6.54 Å². The highest BCUT2D eigenvalue weighted by Gasteiger charge is 2.14. The van der Waals surface area contributed by atoms with Gasteiger partial charge in [-0.2, -0.15) is 0 Å². The Bertz CT molecular complexity index is 1320. The van der Waals surface area contributed by atoms with Crippen molar-refractivity contribution in [2.45, 2.75) is 16.6 Å². The Morgan fingerprint density at radius 1 is 1.19 bits per heavy atom. The number of nitrogens with zero attached hydrogens (tertiary/aromatic N) is 4. The van der Waals surface area contributed by atoms with Gasteiger partial charge in [-0.25, -0.2) is 9.97 Å². The first-order valence-electron chi connectivity index (χ1n) is 9.11. The van der Waals surface area contributed by atoms with Crippen molar-refractivity contribution in [3.63, 3.8) is 0 Å². The lowest BCUT2D eigenvalue weighted by atomic mass is 10.2. The van der Waals surface area contributed by atoms with Crippen LogP contribution in [-0.4, -0.2) is 38.7 Å².